The summed E-state index contributed by atoms with van der Waals surface area (Å²) in [6.07, 6.45) is 1.43. The quantitative estimate of drug-likeness (QED) is 0.488. The fourth-order valence-electron chi connectivity index (χ4n) is 0.326. The molecule has 0 N–H and O–H groups in total. The Morgan fingerprint density at radius 3 is 2.36 bits per heavy atom. The normalized spacial score (nSPS) is 8.82. The minimum absolute atomic E-state index is 0. The standard InChI is InChI=1S/C6H8O4.Gd/c1-2-10-6(9)4-3-5(7)8;/h3-4H,2H2,1H3,(H,7,8);/q;+1/p-1/b4-3-;. The fourth-order valence-corrected chi connectivity index (χ4v) is 0.326. The Morgan fingerprint density at radius 1 is 1.45 bits per heavy atom. The number of carbonyl (C=O) groups excluding carboxylic acids is 2. The Labute approximate surface area is 96.3 Å². The smallest absolute Gasteiger partial charge is 0.545 e. The van der Waals surface area contributed by atoms with Gasteiger partial charge in [0.05, 0.1) is 12.6 Å². The third-order valence-electron chi connectivity index (χ3n) is 0.642. The third kappa shape index (κ3) is 10.0. The van der Waals surface area contributed by atoms with Crippen LogP contribution in [0.25, 0.3) is 0 Å². The van der Waals surface area contributed by atoms with Crippen LogP contribution in [-0.2, 0) is 14.3 Å². The third-order valence-corrected chi connectivity index (χ3v) is 0.642. The first-order chi connectivity index (χ1) is 4.66. The summed E-state index contributed by atoms with van der Waals surface area (Å²) in [6, 6.07) is 0. The summed E-state index contributed by atoms with van der Waals surface area (Å²) < 4.78 is 4.38. The van der Waals surface area contributed by atoms with E-state index >= 15 is 0 Å². The fraction of sp³-hybridized carbons (Fsp3) is 0.333. The molecular weight excluding hydrogens is 293 g/mol. The van der Waals surface area contributed by atoms with Crippen LogP contribution in [0, 0.1) is 39.9 Å². The number of carboxylic acid groups (broad SMARTS) is 1. The van der Waals surface area contributed by atoms with Gasteiger partial charge in [0.1, 0.15) is 0 Å². The number of hydrogen-bond donors (Lipinski definition) is 0. The summed E-state index contributed by atoms with van der Waals surface area (Å²) in [6.45, 7) is 1.86. The summed E-state index contributed by atoms with van der Waals surface area (Å²) in [4.78, 5) is 20.0. The SMILES string of the molecule is CCOC(=O)/C=C\C(=O)[O-].[Gd+]. The maximum atomic E-state index is 10.3. The molecule has 0 unspecified atom stereocenters. The van der Waals surface area contributed by atoms with Crippen LogP contribution < -0.4 is 5.11 Å². The van der Waals surface area contributed by atoms with Crippen molar-refractivity contribution in [2.75, 3.05) is 6.61 Å². The molecule has 0 aliphatic rings. The molecule has 5 heteroatoms. The van der Waals surface area contributed by atoms with E-state index in [4.69, 9.17) is 0 Å². The summed E-state index contributed by atoms with van der Waals surface area (Å²) in [5.41, 5.74) is 0. The molecule has 0 aliphatic carbocycles. The zero-order chi connectivity index (χ0) is 7.98. The van der Waals surface area contributed by atoms with Gasteiger partial charge < -0.3 is 14.6 Å². The average molecular weight is 300 g/mol. The second-order valence-corrected chi connectivity index (χ2v) is 1.40. The Bertz CT molecular complexity index is 164. The Hall–Kier alpha value is 0.00468. The van der Waals surface area contributed by atoms with Gasteiger partial charge in [-0.2, -0.15) is 0 Å². The van der Waals surface area contributed by atoms with Crippen LogP contribution in [0.3, 0.4) is 0 Å². The van der Waals surface area contributed by atoms with Crippen LogP contribution in [0.5, 0.6) is 0 Å². The first kappa shape index (κ1) is 13.6. The predicted molar refractivity (Wildman–Crippen MR) is 30.8 cm³/mol. The van der Waals surface area contributed by atoms with E-state index in [-0.39, 0.29) is 46.5 Å². The molecule has 0 saturated carbocycles. The van der Waals surface area contributed by atoms with Gasteiger partial charge in [0.2, 0.25) is 0 Å². The van der Waals surface area contributed by atoms with Gasteiger partial charge in [0.25, 0.3) is 0 Å². The summed E-state index contributed by atoms with van der Waals surface area (Å²) in [7, 11) is 0. The van der Waals surface area contributed by atoms with Gasteiger partial charge in [-0.15, -0.1) is 0 Å². The maximum absolute atomic E-state index is 10.3. The molecule has 1 radical (unpaired) electrons. The van der Waals surface area contributed by atoms with E-state index in [1.165, 1.54) is 0 Å². The molecule has 0 aromatic rings. The number of aliphatic carboxylic acids is 1. The molecule has 11 heavy (non-hydrogen) atoms. The van der Waals surface area contributed by atoms with Crippen molar-refractivity contribution in [1.82, 2.24) is 0 Å². The number of rotatable bonds is 3. The molecule has 0 amide bonds. The number of hydrogen-bond acceptors (Lipinski definition) is 4. The Kier molecular flexibility index (Phi) is 10.0. The molecule has 0 saturated heterocycles. The molecule has 0 aromatic carbocycles. The molecule has 0 rings (SSSR count). The molecule has 0 bridgehead atoms. The summed E-state index contributed by atoms with van der Waals surface area (Å²) in [5, 5.41) is 9.70. The van der Waals surface area contributed by atoms with Crippen molar-refractivity contribution in [1.29, 1.82) is 0 Å². The van der Waals surface area contributed by atoms with Crippen LogP contribution in [-0.4, -0.2) is 18.5 Å². The minimum Gasteiger partial charge on any atom is -0.545 e. The van der Waals surface area contributed by atoms with Crippen molar-refractivity contribution < 1.29 is 59.4 Å². The van der Waals surface area contributed by atoms with Crippen molar-refractivity contribution in [3.63, 3.8) is 0 Å². The summed E-state index contributed by atoms with van der Waals surface area (Å²) >= 11 is 0. The van der Waals surface area contributed by atoms with Gasteiger partial charge in [-0.1, -0.05) is 0 Å². The predicted octanol–water partition coefficient (Wildman–Crippen LogP) is -1.14. The van der Waals surface area contributed by atoms with E-state index in [1.54, 1.807) is 6.92 Å². The van der Waals surface area contributed by atoms with Crippen LogP contribution in [0.1, 0.15) is 6.92 Å². The molecule has 0 aromatic heterocycles. The van der Waals surface area contributed by atoms with Crippen molar-refractivity contribution in [2.45, 2.75) is 6.92 Å². The van der Waals surface area contributed by atoms with Gasteiger partial charge in [0.15, 0.2) is 0 Å². The Balaban J connectivity index is 0. The minimum atomic E-state index is -1.41. The number of carboxylic acids is 1. The van der Waals surface area contributed by atoms with Crippen LogP contribution >= 0.6 is 0 Å². The van der Waals surface area contributed by atoms with Gasteiger partial charge in [0, 0.05) is 6.08 Å². The van der Waals surface area contributed by atoms with E-state index < -0.39 is 11.9 Å². The van der Waals surface area contributed by atoms with Crippen molar-refractivity contribution >= 4 is 11.9 Å². The molecule has 0 fully saturated rings. The van der Waals surface area contributed by atoms with Crippen LogP contribution in [0.4, 0.5) is 0 Å². The van der Waals surface area contributed by atoms with E-state index in [0.717, 1.165) is 6.08 Å². The largest absolute Gasteiger partial charge is 1.00 e. The molecule has 0 heterocycles. The van der Waals surface area contributed by atoms with E-state index in [9.17, 15) is 14.7 Å². The zero-order valence-corrected chi connectivity index (χ0v) is 8.12. The van der Waals surface area contributed by atoms with Gasteiger partial charge in [-0.25, -0.2) is 4.79 Å². The van der Waals surface area contributed by atoms with Gasteiger partial charge >= 0.3 is 45.9 Å². The second kappa shape index (κ2) is 8.10. The van der Waals surface area contributed by atoms with Crippen molar-refractivity contribution in [3.05, 3.63) is 12.2 Å². The molecule has 63 valence electrons. The van der Waals surface area contributed by atoms with Gasteiger partial charge in [-0.3, -0.25) is 0 Å². The van der Waals surface area contributed by atoms with Gasteiger partial charge in [-0.05, 0) is 13.0 Å². The van der Waals surface area contributed by atoms with Crippen LogP contribution in [0.15, 0.2) is 12.2 Å². The topological polar surface area (TPSA) is 66.4 Å². The molecule has 0 spiro atoms. The number of ether oxygens (including phenoxy) is 1. The van der Waals surface area contributed by atoms with Crippen molar-refractivity contribution in [2.24, 2.45) is 0 Å². The first-order valence-corrected chi connectivity index (χ1v) is 2.72. The van der Waals surface area contributed by atoms with Crippen LogP contribution in [0.2, 0.25) is 0 Å². The molecule has 0 atom stereocenters. The first-order valence-electron chi connectivity index (χ1n) is 2.72. The summed E-state index contributed by atoms with van der Waals surface area (Å²) in [5.74, 6) is -2.08. The number of esters is 1. The molecular formula is C6H7GdO4. The Morgan fingerprint density at radius 2 is 2.00 bits per heavy atom. The van der Waals surface area contributed by atoms with E-state index in [0.29, 0.717) is 6.08 Å². The molecule has 4 nitrogen and oxygen atoms in total. The molecule has 0 aliphatic heterocycles. The van der Waals surface area contributed by atoms with E-state index in [1.807, 2.05) is 0 Å². The monoisotopic (exact) mass is 301 g/mol. The zero-order valence-electron chi connectivity index (χ0n) is 5.85. The average Bonchev–Trinajstić information content (AvgIpc) is 1.85. The van der Waals surface area contributed by atoms with E-state index in [2.05, 4.69) is 4.74 Å². The second-order valence-electron chi connectivity index (χ2n) is 1.40. The maximum Gasteiger partial charge on any atom is 1.00 e. The van der Waals surface area contributed by atoms with Crippen molar-refractivity contribution in [3.8, 4) is 0 Å². The number of carbonyl (C=O) groups is 2.